The molecule has 4 rings (SSSR count). The van der Waals surface area contributed by atoms with Gasteiger partial charge < -0.3 is 0 Å². The van der Waals surface area contributed by atoms with E-state index in [1.807, 2.05) is 19.6 Å². The summed E-state index contributed by atoms with van der Waals surface area (Å²) in [7, 11) is -28.8. The maximum atomic E-state index is 7.32. The van der Waals surface area contributed by atoms with Gasteiger partial charge in [0, 0.05) is 0 Å². The van der Waals surface area contributed by atoms with Crippen LogP contribution in [0.2, 0.25) is 48.2 Å². The van der Waals surface area contributed by atoms with Crippen LogP contribution >= 0.6 is 0 Å². The Labute approximate surface area is 277 Å². The van der Waals surface area contributed by atoms with Crippen LogP contribution in [0.5, 0.6) is 0 Å². The topological polar surface area (TPSA) is 111 Å². The van der Waals surface area contributed by atoms with Crippen molar-refractivity contribution in [2.75, 3.05) is 0 Å². The second-order valence-corrected chi connectivity index (χ2v) is 44.4. The predicted octanol–water partition coefficient (Wildman–Crippen LogP) is 4.31. The van der Waals surface area contributed by atoms with Gasteiger partial charge in [0.2, 0.25) is 0 Å². The molecule has 44 heavy (non-hydrogen) atoms. The van der Waals surface area contributed by atoms with Gasteiger partial charge in [0.1, 0.15) is 0 Å². The molecule has 0 spiro atoms. The molecule has 7 unspecified atom stereocenters. The summed E-state index contributed by atoms with van der Waals surface area (Å²) in [6, 6.07) is 0. The van der Waals surface area contributed by atoms with Crippen LogP contribution in [0.15, 0.2) is 0 Å². The van der Waals surface area contributed by atoms with Crippen LogP contribution in [-0.4, -0.2) is 89.9 Å². The number of unbranched alkanes of at least 4 members (excludes halogenated alkanes) is 2. The Morgan fingerprint density at radius 3 is 1.55 bits per heavy atom. The van der Waals surface area contributed by atoms with Gasteiger partial charge in [0.25, 0.3) is 0 Å². The van der Waals surface area contributed by atoms with Gasteiger partial charge in [-0.1, -0.05) is 0 Å². The second-order valence-electron chi connectivity index (χ2n) is 11.5. The molecular weight excluding hydrogens is 812 g/mol. The Kier molecular flexibility index (Phi) is 11.9. The van der Waals surface area contributed by atoms with E-state index in [9.17, 15) is 0 Å². The zero-order chi connectivity index (χ0) is 32.5. The van der Waals surface area contributed by atoms with Gasteiger partial charge in [-0.15, -0.1) is 0 Å². The number of hydrogen-bond acceptors (Lipinski definition) is 12. The average Bonchev–Trinajstić information content (AvgIpc) is 2.81. The zero-order valence-corrected chi connectivity index (χ0v) is 38.5. The minimum atomic E-state index is -4.25. The first kappa shape index (κ1) is 37.6. The fourth-order valence-corrected chi connectivity index (χ4v) is 66.6. The molecule has 4 saturated heterocycles. The monoisotopic (exact) mass is 857 g/mol. The number of fused-ring (bicyclic) bond motifs is 4. The van der Waals surface area contributed by atoms with Crippen molar-refractivity contribution in [2.24, 2.45) is 0 Å². The van der Waals surface area contributed by atoms with E-state index in [1.54, 1.807) is 40.4 Å². The molecule has 4 aliphatic rings. The molecule has 0 aromatic carbocycles. The van der Waals surface area contributed by atoms with Gasteiger partial charge in [-0.05, 0) is 0 Å². The van der Waals surface area contributed by atoms with Crippen molar-refractivity contribution in [1.82, 2.24) is 0 Å². The standard InChI is InChI=1S/C15H27O12Si8.2C4H9.Sn/c1-10-13-33(17)23-30(7)19-29(6,16)20-31(8)22-32(9,21-30)25-35(26-33,15-12-3)27-34(24-31,14-11-2)18-28(4)5;2*1-3-4-2;/h1-9H3;2*1,3-4H2,2H3;/q-2;;;+2. The van der Waals surface area contributed by atoms with Crippen molar-refractivity contribution >= 4 is 89.9 Å². The van der Waals surface area contributed by atoms with Crippen molar-refractivity contribution in [2.45, 2.75) is 108 Å². The van der Waals surface area contributed by atoms with Gasteiger partial charge in [-0.2, -0.15) is 0 Å². The molecule has 245 valence electrons. The van der Waals surface area contributed by atoms with Gasteiger partial charge in [-0.3, -0.25) is 0 Å². The van der Waals surface area contributed by atoms with E-state index in [0.717, 1.165) is 34.6 Å². The van der Waals surface area contributed by atoms with Crippen molar-refractivity contribution < 1.29 is 46.7 Å². The van der Waals surface area contributed by atoms with Crippen LogP contribution in [0.25, 0.3) is 0 Å². The van der Waals surface area contributed by atoms with Crippen LogP contribution in [0.4, 0.5) is 0 Å². The first-order valence-corrected chi connectivity index (χ1v) is 37.9. The summed E-state index contributed by atoms with van der Waals surface area (Å²) in [5.41, 5.74) is 9.47. The Hall–Kier alpha value is 0.734. The van der Waals surface area contributed by atoms with Crippen molar-refractivity contribution in [3.8, 4) is 34.4 Å². The van der Waals surface area contributed by atoms with Crippen LogP contribution in [0, 0.1) is 34.4 Å². The van der Waals surface area contributed by atoms with E-state index in [1.165, 1.54) is 0 Å². The Morgan fingerprint density at radius 2 is 1.05 bits per heavy atom. The van der Waals surface area contributed by atoms with Gasteiger partial charge in [0.05, 0.1) is 0 Å². The molecule has 0 saturated carbocycles. The van der Waals surface area contributed by atoms with Gasteiger partial charge in [-0.25, -0.2) is 0 Å². The third kappa shape index (κ3) is 8.47. The first-order chi connectivity index (χ1) is 20.5. The molecule has 12 nitrogen and oxygen atoms in total. The summed E-state index contributed by atoms with van der Waals surface area (Å²) in [6.45, 7) is 20.4. The van der Waals surface area contributed by atoms with E-state index in [-0.39, 0.29) is 0 Å². The summed E-state index contributed by atoms with van der Waals surface area (Å²) in [4.78, 5) is 0. The normalized spacial score (nSPS) is 42.5. The fourth-order valence-electron chi connectivity index (χ4n) is 5.65. The minimum absolute atomic E-state index is 0.731. The average molecular weight is 857 g/mol. The zero-order valence-electron chi connectivity index (χ0n) is 27.6. The number of hydrogen-bond donors (Lipinski definition) is 0. The van der Waals surface area contributed by atoms with Gasteiger partial charge in [0.15, 0.2) is 0 Å². The van der Waals surface area contributed by atoms with E-state index < -0.39 is 89.9 Å². The van der Waals surface area contributed by atoms with Crippen LogP contribution in [0.3, 0.4) is 0 Å². The molecular formula is C23H45O12Si8Sn. The predicted molar refractivity (Wildman–Crippen MR) is 180 cm³/mol. The van der Waals surface area contributed by atoms with Crippen LogP contribution in [0.1, 0.15) is 60.3 Å². The Balaban J connectivity index is 2.09. The van der Waals surface area contributed by atoms with Gasteiger partial charge >= 0.3 is 279 Å². The molecule has 1 radical (unpaired) electrons. The molecule has 21 heteroatoms. The molecule has 0 amide bonds. The molecule has 7 atom stereocenters. The summed E-state index contributed by atoms with van der Waals surface area (Å²) >= 11 is -4.25. The Morgan fingerprint density at radius 1 is 0.568 bits per heavy atom. The molecule has 0 aromatic rings. The van der Waals surface area contributed by atoms with Crippen molar-refractivity contribution in [1.29, 1.82) is 0 Å². The fraction of sp³-hybridized carbons (Fsp3) is 0.739. The molecule has 0 aliphatic carbocycles. The quantitative estimate of drug-likeness (QED) is 0.257. The van der Waals surface area contributed by atoms with Crippen LogP contribution < -0.4 is 0 Å². The van der Waals surface area contributed by atoms with Crippen molar-refractivity contribution in [3.63, 3.8) is 0 Å². The molecule has 0 aromatic heterocycles. The van der Waals surface area contributed by atoms with E-state index in [2.05, 4.69) is 48.2 Å². The van der Waals surface area contributed by atoms with E-state index in [0.29, 0.717) is 0 Å². The SMILES string of the molecule is CC#C[Si]1(O[Si](C)C)O[Si]2(C)O[Si]3(C)O[Si]4(C)O[Si](C)(O2)[O][Sn]([CH2]CCC)([CH2]CCC)[O][Si](C#CC)(O4)O[Si](C#CC)(O3)O1. The summed E-state index contributed by atoms with van der Waals surface area (Å²) < 4.78 is 84.8. The van der Waals surface area contributed by atoms with Crippen LogP contribution in [-0.2, 0) is 46.7 Å². The van der Waals surface area contributed by atoms with Crippen molar-refractivity contribution in [3.05, 3.63) is 0 Å². The molecule has 6 bridgehead atoms. The molecule has 4 fully saturated rings. The summed E-state index contributed by atoms with van der Waals surface area (Å²) in [5.74, 6) is 8.92. The summed E-state index contributed by atoms with van der Waals surface area (Å²) in [5, 5.41) is 0. The second kappa shape index (κ2) is 13.9. The molecule has 4 heterocycles. The third-order valence-electron chi connectivity index (χ3n) is 6.67. The Bertz CT molecular complexity index is 1280. The third-order valence-corrected chi connectivity index (χ3v) is 54.5. The maximum absolute atomic E-state index is 7.32. The number of rotatable bonds is 8. The summed E-state index contributed by atoms with van der Waals surface area (Å²) in [6.07, 6.45) is 3.70. The van der Waals surface area contributed by atoms with E-state index >= 15 is 0 Å². The van der Waals surface area contributed by atoms with E-state index in [4.69, 9.17) is 46.7 Å². The molecule has 4 aliphatic heterocycles. The first-order valence-electron chi connectivity index (χ1n) is 15.0. The molecule has 0 N–H and O–H groups in total.